The summed E-state index contributed by atoms with van der Waals surface area (Å²) in [5.74, 6) is 0. The van der Waals surface area contributed by atoms with Gasteiger partial charge in [-0.15, -0.1) is 5.10 Å². The van der Waals surface area contributed by atoms with Crippen LogP contribution in [0.25, 0.3) is 16.7 Å². The van der Waals surface area contributed by atoms with E-state index in [-0.39, 0.29) is 0 Å². The lowest BCUT2D eigenvalue weighted by molar-refractivity contribution is 0.844. The van der Waals surface area contributed by atoms with Crippen molar-refractivity contribution in [3.8, 4) is 0 Å². The molecule has 1 aromatic heterocycles. The minimum atomic E-state index is 0.587. The monoisotopic (exact) mass is 259 g/mol. The Bertz CT molecular complexity index is 650. The molecule has 18 heavy (non-hydrogen) atoms. The lowest BCUT2D eigenvalue weighted by Gasteiger charge is -2.06. The Morgan fingerprint density at radius 2 is 2.11 bits per heavy atom. The number of fused-ring (bicyclic) bond motifs is 1. The van der Waals surface area contributed by atoms with E-state index in [0.29, 0.717) is 10.7 Å². The van der Waals surface area contributed by atoms with Gasteiger partial charge in [0.25, 0.3) is 0 Å². The standard InChI is InChI=1S/C14H14ClN3/c1-4-7-10(2)14(15)11(3)18-13-9-6-5-8-12(13)16-17-18/h4-9H,3H2,1-2H3/b7-4-,14-10+. The van der Waals surface area contributed by atoms with Gasteiger partial charge in [0.15, 0.2) is 0 Å². The van der Waals surface area contributed by atoms with Crippen LogP contribution < -0.4 is 0 Å². The molecule has 0 bridgehead atoms. The van der Waals surface area contributed by atoms with Crippen LogP contribution in [0.1, 0.15) is 13.8 Å². The molecular weight excluding hydrogens is 246 g/mol. The van der Waals surface area contributed by atoms with E-state index in [1.807, 2.05) is 50.3 Å². The molecule has 2 aromatic rings. The maximum atomic E-state index is 6.29. The van der Waals surface area contributed by atoms with Gasteiger partial charge in [-0.3, -0.25) is 0 Å². The zero-order chi connectivity index (χ0) is 13.1. The van der Waals surface area contributed by atoms with Gasteiger partial charge in [-0.2, -0.15) is 0 Å². The molecule has 2 rings (SSSR count). The first-order chi connectivity index (χ1) is 8.65. The Kier molecular flexibility index (Phi) is 3.63. The number of benzene rings is 1. The van der Waals surface area contributed by atoms with Crippen molar-refractivity contribution in [2.45, 2.75) is 13.8 Å². The molecule has 0 radical (unpaired) electrons. The molecule has 0 fully saturated rings. The normalized spacial score (nSPS) is 13.1. The van der Waals surface area contributed by atoms with Crippen LogP contribution in [0.2, 0.25) is 0 Å². The molecule has 0 saturated carbocycles. The van der Waals surface area contributed by atoms with Crippen LogP contribution in [0.3, 0.4) is 0 Å². The van der Waals surface area contributed by atoms with Crippen molar-refractivity contribution in [2.24, 2.45) is 0 Å². The van der Waals surface area contributed by atoms with Crippen LogP contribution in [0.15, 0.2) is 53.6 Å². The first-order valence-electron chi connectivity index (χ1n) is 5.64. The van der Waals surface area contributed by atoms with Crippen molar-refractivity contribution in [2.75, 3.05) is 0 Å². The number of hydrogen-bond donors (Lipinski definition) is 0. The van der Waals surface area contributed by atoms with Crippen LogP contribution in [0, 0.1) is 0 Å². The fourth-order valence-electron chi connectivity index (χ4n) is 1.71. The van der Waals surface area contributed by atoms with Gasteiger partial charge in [-0.05, 0) is 31.6 Å². The summed E-state index contributed by atoms with van der Waals surface area (Å²) in [4.78, 5) is 0. The topological polar surface area (TPSA) is 30.7 Å². The van der Waals surface area contributed by atoms with Crippen LogP contribution in [-0.4, -0.2) is 15.0 Å². The second-order valence-electron chi connectivity index (χ2n) is 3.93. The lowest BCUT2D eigenvalue weighted by atomic mass is 10.2. The molecule has 0 atom stereocenters. The van der Waals surface area contributed by atoms with E-state index < -0.39 is 0 Å². The summed E-state index contributed by atoms with van der Waals surface area (Å²) < 4.78 is 1.66. The molecule has 0 aliphatic heterocycles. The van der Waals surface area contributed by atoms with Crippen molar-refractivity contribution in [1.29, 1.82) is 0 Å². The van der Waals surface area contributed by atoms with Crippen LogP contribution in [-0.2, 0) is 0 Å². The van der Waals surface area contributed by atoms with Crippen LogP contribution in [0.5, 0.6) is 0 Å². The smallest absolute Gasteiger partial charge is 0.113 e. The lowest BCUT2D eigenvalue weighted by Crippen LogP contribution is -1.99. The second-order valence-corrected chi connectivity index (χ2v) is 4.31. The molecule has 92 valence electrons. The Balaban J connectivity index is 2.49. The molecule has 1 heterocycles. The maximum Gasteiger partial charge on any atom is 0.113 e. The van der Waals surface area contributed by atoms with Gasteiger partial charge in [0.2, 0.25) is 0 Å². The third-order valence-corrected chi connectivity index (χ3v) is 3.14. The highest BCUT2D eigenvalue weighted by Gasteiger charge is 2.10. The van der Waals surface area contributed by atoms with Gasteiger partial charge in [0.05, 0.1) is 16.2 Å². The number of rotatable bonds is 3. The number of halogens is 1. The predicted octanol–water partition coefficient (Wildman–Crippen LogP) is 3.99. The van der Waals surface area contributed by atoms with E-state index in [4.69, 9.17) is 11.6 Å². The summed E-state index contributed by atoms with van der Waals surface area (Å²) in [5, 5.41) is 8.75. The minimum absolute atomic E-state index is 0.587. The number of para-hydroxylation sites is 1. The van der Waals surface area contributed by atoms with Crippen LogP contribution >= 0.6 is 11.6 Å². The zero-order valence-corrected chi connectivity index (χ0v) is 11.1. The van der Waals surface area contributed by atoms with E-state index in [2.05, 4.69) is 16.9 Å². The van der Waals surface area contributed by atoms with E-state index in [1.54, 1.807) is 4.68 Å². The first-order valence-corrected chi connectivity index (χ1v) is 6.02. The van der Waals surface area contributed by atoms with E-state index in [0.717, 1.165) is 16.6 Å². The van der Waals surface area contributed by atoms with Crippen molar-refractivity contribution in [3.05, 3.63) is 53.6 Å². The highest BCUT2D eigenvalue weighted by molar-refractivity contribution is 6.36. The third kappa shape index (κ3) is 2.22. The molecule has 0 saturated heterocycles. The summed E-state index contributed by atoms with van der Waals surface area (Å²) in [6.07, 6.45) is 3.87. The zero-order valence-electron chi connectivity index (χ0n) is 10.4. The fraction of sp³-hybridized carbons (Fsp3) is 0.143. The maximum absolute atomic E-state index is 6.29. The second kappa shape index (κ2) is 5.19. The van der Waals surface area contributed by atoms with E-state index in [9.17, 15) is 0 Å². The molecule has 0 spiro atoms. The van der Waals surface area contributed by atoms with Gasteiger partial charge in [0.1, 0.15) is 5.52 Å². The molecule has 0 aliphatic carbocycles. The number of hydrogen-bond acceptors (Lipinski definition) is 2. The Labute approximate surface area is 111 Å². The van der Waals surface area contributed by atoms with Crippen molar-refractivity contribution >= 4 is 28.3 Å². The molecule has 4 heteroatoms. The number of aromatic nitrogens is 3. The fourth-order valence-corrected chi connectivity index (χ4v) is 1.86. The van der Waals surface area contributed by atoms with Gasteiger partial charge in [0, 0.05) is 0 Å². The average Bonchev–Trinajstić information content (AvgIpc) is 2.81. The van der Waals surface area contributed by atoms with Crippen LogP contribution in [0.4, 0.5) is 0 Å². The van der Waals surface area contributed by atoms with E-state index >= 15 is 0 Å². The van der Waals surface area contributed by atoms with Crippen molar-refractivity contribution in [3.63, 3.8) is 0 Å². The highest BCUT2D eigenvalue weighted by atomic mass is 35.5. The molecule has 0 aliphatic rings. The molecule has 0 N–H and O–H groups in total. The molecule has 1 aromatic carbocycles. The van der Waals surface area contributed by atoms with Gasteiger partial charge < -0.3 is 0 Å². The Hall–Kier alpha value is -1.87. The predicted molar refractivity (Wildman–Crippen MR) is 76.2 cm³/mol. The van der Waals surface area contributed by atoms with Crippen molar-refractivity contribution in [1.82, 2.24) is 15.0 Å². The summed E-state index contributed by atoms with van der Waals surface area (Å²) in [7, 11) is 0. The molecule has 0 amide bonds. The van der Waals surface area contributed by atoms with Gasteiger partial charge in [-0.25, -0.2) is 4.68 Å². The number of nitrogens with zero attached hydrogens (tertiary/aromatic N) is 3. The number of allylic oxidation sites excluding steroid dienone is 5. The summed E-state index contributed by atoms with van der Waals surface area (Å²) >= 11 is 6.29. The summed E-state index contributed by atoms with van der Waals surface area (Å²) in [5.41, 5.74) is 3.30. The highest BCUT2D eigenvalue weighted by Crippen LogP contribution is 2.25. The molecule has 0 unspecified atom stereocenters. The first kappa shape index (κ1) is 12.6. The summed E-state index contributed by atoms with van der Waals surface area (Å²) in [6, 6.07) is 7.71. The average molecular weight is 260 g/mol. The molecule has 3 nitrogen and oxygen atoms in total. The minimum Gasteiger partial charge on any atom is -0.212 e. The Morgan fingerprint density at radius 3 is 2.83 bits per heavy atom. The SMILES string of the molecule is C=C(/C(Cl)=C(C)\C=C/C)n1nnc2ccccc21. The van der Waals surface area contributed by atoms with E-state index in [1.165, 1.54) is 0 Å². The quantitative estimate of drug-likeness (QED) is 0.781. The van der Waals surface area contributed by atoms with Gasteiger partial charge >= 0.3 is 0 Å². The van der Waals surface area contributed by atoms with Gasteiger partial charge in [-0.1, -0.05) is 47.7 Å². The Morgan fingerprint density at radius 1 is 1.39 bits per heavy atom. The van der Waals surface area contributed by atoms with Crippen molar-refractivity contribution < 1.29 is 0 Å². The summed E-state index contributed by atoms with van der Waals surface area (Å²) in [6.45, 7) is 7.87. The third-order valence-electron chi connectivity index (χ3n) is 2.62. The molecular formula is C14H14ClN3. The largest absolute Gasteiger partial charge is 0.212 e.